The Morgan fingerprint density at radius 3 is 2.34 bits per heavy atom. The minimum atomic E-state index is -0.241. The molecule has 4 aromatic rings. The zero-order chi connectivity index (χ0) is 20.5. The normalized spacial score (nSPS) is 10.9. The van der Waals surface area contributed by atoms with E-state index in [4.69, 9.17) is 16.6 Å². The van der Waals surface area contributed by atoms with Gasteiger partial charge in [-0.25, -0.2) is 0 Å². The number of aromatic hydroxyl groups is 2. The van der Waals surface area contributed by atoms with Crippen LogP contribution in [0, 0.1) is 4.51 Å². The third kappa shape index (κ3) is 4.03. The van der Waals surface area contributed by atoms with Gasteiger partial charge in [0.2, 0.25) is 5.12 Å². The number of phenols is 1. The number of benzene rings is 2. The largest absolute Gasteiger partial charge is 0.508 e. The van der Waals surface area contributed by atoms with Crippen molar-refractivity contribution in [2.75, 3.05) is 0 Å². The van der Waals surface area contributed by atoms with Crippen LogP contribution in [-0.2, 0) is 0 Å². The second kappa shape index (κ2) is 7.94. The molecule has 1 heterocycles. The Morgan fingerprint density at radius 1 is 0.966 bits per heavy atom. The molecule has 0 saturated carbocycles. The van der Waals surface area contributed by atoms with Crippen molar-refractivity contribution >= 4 is 52.7 Å². The Hall–Kier alpha value is -2.74. The smallest absolute Gasteiger partial charge is 0.291 e. The molecule has 0 spiro atoms. The molecule has 144 valence electrons. The van der Waals surface area contributed by atoms with Crippen LogP contribution in [-0.4, -0.2) is 15.3 Å². The number of carbonyl (C=O) groups is 1. The van der Waals surface area contributed by atoms with E-state index in [1.165, 1.54) is 12.1 Å². The fraction of sp³-hybridized carbons (Fsp3) is 0. The van der Waals surface area contributed by atoms with Crippen molar-refractivity contribution < 1.29 is 19.4 Å². The van der Waals surface area contributed by atoms with Crippen LogP contribution in [0.1, 0.15) is 10.4 Å². The third-order valence-electron chi connectivity index (χ3n) is 4.32. The average Bonchev–Trinajstić information content (AvgIpc) is 2.93. The summed E-state index contributed by atoms with van der Waals surface area (Å²) in [7, 11) is 0. The Morgan fingerprint density at radius 2 is 1.66 bits per heavy atom. The van der Waals surface area contributed by atoms with Crippen molar-refractivity contribution in [3.63, 3.8) is 0 Å². The van der Waals surface area contributed by atoms with E-state index >= 15 is 0 Å². The average molecular weight is 439 g/mol. The molecule has 0 fully saturated rings. The van der Waals surface area contributed by atoms with Gasteiger partial charge in [-0.2, -0.15) is 0 Å². The SMILES string of the molecule is O=C(Sc1cc2oc(O)c(-c3ccc(O)cc3)c2ccc1=S)c1ccc(S)cc1. The molecule has 7 heteroatoms. The molecule has 4 rings (SSSR count). The maximum Gasteiger partial charge on any atom is 0.291 e. The van der Waals surface area contributed by atoms with E-state index < -0.39 is 0 Å². The quantitative estimate of drug-likeness (QED) is 0.194. The molecular formula is C22H14O4S3. The van der Waals surface area contributed by atoms with Crippen LogP contribution >= 0.6 is 36.6 Å². The zero-order valence-corrected chi connectivity index (χ0v) is 17.4. The number of thiol groups is 1. The monoisotopic (exact) mass is 438 g/mol. The first-order valence-electron chi connectivity index (χ1n) is 8.53. The first-order valence-corrected chi connectivity index (χ1v) is 10.2. The summed E-state index contributed by atoms with van der Waals surface area (Å²) in [6, 6.07) is 18.5. The predicted octanol–water partition coefficient (Wildman–Crippen LogP) is 6.46. The Kier molecular flexibility index (Phi) is 5.36. The summed E-state index contributed by atoms with van der Waals surface area (Å²) in [6.45, 7) is 0. The second-order valence-electron chi connectivity index (χ2n) is 6.25. The highest BCUT2D eigenvalue weighted by molar-refractivity contribution is 8.14. The van der Waals surface area contributed by atoms with Crippen LogP contribution in [0.3, 0.4) is 0 Å². The van der Waals surface area contributed by atoms with E-state index in [0.717, 1.165) is 16.7 Å². The van der Waals surface area contributed by atoms with Gasteiger partial charge in [-0.3, -0.25) is 4.79 Å². The number of hydrogen-bond donors (Lipinski definition) is 3. The van der Waals surface area contributed by atoms with E-state index in [1.807, 2.05) is 0 Å². The number of carbonyl (C=O) groups excluding carboxylic acids is 1. The van der Waals surface area contributed by atoms with E-state index in [1.54, 1.807) is 54.6 Å². The van der Waals surface area contributed by atoms with Crippen molar-refractivity contribution in [2.24, 2.45) is 0 Å². The second-order valence-corrected chi connectivity index (χ2v) is 8.22. The standard InChI is InChI=1S/C22H14O4S3/c23-14-5-1-12(2-6-14)20-16-9-10-18(28)19(11-17(16)26-21(20)24)29-22(25)13-3-7-15(27)8-4-13/h1-11,23-24,27H. The molecule has 1 aromatic heterocycles. The molecule has 0 aliphatic rings. The maximum atomic E-state index is 12.6. The van der Waals surface area contributed by atoms with Crippen LogP contribution in [0.4, 0.5) is 0 Å². The molecule has 2 N–H and O–H groups in total. The topological polar surface area (TPSA) is 70.7 Å². The molecule has 0 unspecified atom stereocenters. The summed E-state index contributed by atoms with van der Waals surface area (Å²) >= 11 is 10.7. The lowest BCUT2D eigenvalue weighted by atomic mass is 10.1. The Bertz CT molecular complexity index is 1280. The number of furan rings is 1. The summed E-state index contributed by atoms with van der Waals surface area (Å²) in [5.41, 5.74) is 2.13. The fourth-order valence-electron chi connectivity index (χ4n) is 2.90. The summed E-state index contributed by atoms with van der Waals surface area (Å²) < 4.78 is 6.05. The minimum Gasteiger partial charge on any atom is -0.508 e. The van der Waals surface area contributed by atoms with E-state index in [2.05, 4.69) is 12.6 Å². The number of phenolic OH excluding ortho intramolecular Hbond substituents is 1. The van der Waals surface area contributed by atoms with Gasteiger partial charge >= 0.3 is 0 Å². The molecule has 0 amide bonds. The summed E-state index contributed by atoms with van der Waals surface area (Å²) in [5, 5.41) is 20.3. The van der Waals surface area contributed by atoms with Crippen molar-refractivity contribution in [1.82, 2.24) is 0 Å². The number of rotatable bonds is 3. The molecule has 4 nitrogen and oxygen atoms in total. The van der Waals surface area contributed by atoms with Crippen LogP contribution in [0.15, 0.2) is 80.9 Å². The van der Waals surface area contributed by atoms with Crippen LogP contribution < -0.4 is 0 Å². The van der Waals surface area contributed by atoms with Gasteiger partial charge in [-0.05, 0) is 71.9 Å². The predicted molar refractivity (Wildman–Crippen MR) is 120 cm³/mol. The van der Waals surface area contributed by atoms with Gasteiger partial charge in [0.15, 0.2) is 0 Å². The van der Waals surface area contributed by atoms with Gasteiger partial charge < -0.3 is 14.6 Å². The number of fused-ring (bicyclic) bond motifs is 1. The van der Waals surface area contributed by atoms with Gasteiger partial charge in [0, 0.05) is 20.7 Å². The molecule has 29 heavy (non-hydrogen) atoms. The van der Waals surface area contributed by atoms with Gasteiger partial charge in [-0.1, -0.05) is 24.4 Å². The molecule has 3 aromatic carbocycles. The van der Waals surface area contributed by atoms with Crippen LogP contribution in [0.2, 0.25) is 0 Å². The molecular weight excluding hydrogens is 424 g/mol. The van der Waals surface area contributed by atoms with E-state index in [-0.39, 0.29) is 16.8 Å². The van der Waals surface area contributed by atoms with E-state index in [0.29, 0.717) is 37.1 Å². The summed E-state index contributed by atoms with van der Waals surface area (Å²) in [5.74, 6) is -0.114. The molecule has 0 radical (unpaired) electrons. The van der Waals surface area contributed by atoms with Crippen LogP contribution in [0.25, 0.3) is 22.1 Å². The number of thioether (sulfide) groups is 1. The molecule has 0 bridgehead atoms. The fourth-order valence-corrected chi connectivity index (χ4v) is 4.09. The van der Waals surface area contributed by atoms with Gasteiger partial charge in [0.1, 0.15) is 11.3 Å². The first kappa shape index (κ1) is 19.6. The lowest BCUT2D eigenvalue weighted by molar-refractivity contribution is 0.108. The van der Waals surface area contributed by atoms with Crippen molar-refractivity contribution in [1.29, 1.82) is 0 Å². The first-order chi connectivity index (χ1) is 13.9. The van der Waals surface area contributed by atoms with Crippen molar-refractivity contribution in [3.8, 4) is 22.8 Å². The van der Waals surface area contributed by atoms with Crippen molar-refractivity contribution in [2.45, 2.75) is 9.79 Å². The molecule has 0 saturated heterocycles. The number of hydrogen-bond acceptors (Lipinski definition) is 7. The highest BCUT2D eigenvalue weighted by Gasteiger charge is 2.17. The molecule has 0 aliphatic carbocycles. The van der Waals surface area contributed by atoms with Gasteiger partial charge in [0.25, 0.3) is 5.95 Å². The molecule has 0 atom stereocenters. The molecule has 0 aliphatic heterocycles. The third-order valence-corrected chi connectivity index (χ3v) is 6.09. The van der Waals surface area contributed by atoms with Gasteiger partial charge in [-0.15, -0.1) is 12.6 Å². The lowest BCUT2D eigenvalue weighted by Gasteiger charge is -2.00. The van der Waals surface area contributed by atoms with Gasteiger partial charge in [0.05, 0.1) is 10.1 Å². The van der Waals surface area contributed by atoms with E-state index in [9.17, 15) is 15.0 Å². The van der Waals surface area contributed by atoms with Crippen molar-refractivity contribution in [3.05, 3.63) is 76.8 Å². The maximum absolute atomic E-state index is 12.6. The Labute approximate surface area is 181 Å². The minimum absolute atomic E-state index is 0.127. The Balaban J connectivity index is 1.78. The summed E-state index contributed by atoms with van der Waals surface area (Å²) in [4.78, 5) is 14.0. The summed E-state index contributed by atoms with van der Waals surface area (Å²) in [6.07, 6.45) is 0. The highest BCUT2D eigenvalue weighted by atomic mass is 32.2. The highest BCUT2D eigenvalue weighted by Crippen LogP contribution is 2.40. The van der Waals surface area contributed by atoms with Crippen LogP contribution in [0.5, 0.6) is 11.7 Å². The zero-order valence-electron chi connectivity index (χ0n) is 14.8. The lowest BCUT2D eigenvalue weighted by Crippen LogP contribution is -1.92.